The molecule has 0 amide bonds. The Hall–Kier alpha value is -2.33. The normalized spacial score (nSPS) is 11.2. The van der Waals surface area contributed by atoms with Crippen LogP contribution in [0.2, 0.25) is 5.15 Å². The molecule has 0 aliphatic rings. The molecule has 0 spiro atoms. The highest BCUT2D eigenvalue weighted by atomic mass is 35.5. The van der Waals surface area contributed by atoms with Crippen molar-refractivity contribution in [3.8, 4) is 0 Å². The van der Waals surface area contributed by atoms with Gasteiger partial charge >= 0.3 is 0 Å². The fourth-order valence-electron chi connectivity index (χ4n) is 1.91. The van der Waals surface area contributed by atoms with Crippen molar-refractivity contribution in [2.24, 2.45) is 5.73 Å². The first-order valence-corrected chi connectivity index (χ1v) is 6.89. The summed E-state index contributed by atoms with van der Waals surface area (Å²) in [5, 5.41) is 8.16. The third-order valence-corrected chi connectivity index (χ3v) is 3.25. The monoisotopic (exact) mass is 300 g/mol. The SMILES string of the molecule is C/C(=C\N(Cc1ccc(Cl)nc1)C(=N)N)c1ccccc1. The standard InChI is InChI=1S/C16H17ClN4/c1-12(14-5-3-2-4-6-14)10-21(16(18)19)11-13-7-8-15(17)20-9-13/h2-10H,11H2,1H3,(H3,18,19)/b12-10+. The zero-order valence-corrected chi connectivity index (χ0v) is 12.5. The largest absolute Gasteiger partial charge is 0.370 e. The van der Waals surface area contributed by atoms with E-state index in [0.717, 1.165) is 16.7 Å². The van der Waals surface area contributed by atoms with E-state index in [0.29, 0.717) is 11.7 Å². The Balaban J connectivity index is 2.19. The van der Waals surface area contributed by atoms with Crippen molar-refractivity contribution >= 4 is 23.1 Å². The molecule has 0 fully saturated rings. The van der Waals surface area contributed by atoms with Gasteiger partial charge in [0.05, 0.1) is 6.54 Å². The lowest BCUT2D eigenvalue weighted by molar-refractivity contribution is 0.542. The first-order chi connectivity index (χ1) is 10.1. The molecular weight excluding hydrogens is 284 g/mol. The molecule has 0 atom stereocenters. The number of benzene rings is 1. The summed E-state index contributed by atoms with van der Waals surface area (Å²) in [6, 6.07) is 13.6. The molecule has 2 rings (SSSR count). The molecule has 0 aliphatic carbocycles. The molecule has 0 radical (unpaired) electrons. The molecule has 1 aromatic carbocycles. The number of halogens is 1. The zero-order chi connectivity index (χ0) is 15.2. The van der Waals surface area contributed by atoms with Crippen molar-refractivity contribution in [2.45, 2.75) is 13.5 Å². The third-order valence-electron chi connectivity index (χ3n) is 3.03. The Morgan fingerprint density at radius 1 is 1.29 bits per heavy atom. The van der Waals surface area contributed by atoms with Gasteiger partial charge in [-0.25, -0.2) is 4.98 Å². The summed E-state index contributed by atoms with van der Waals surface area (Å²) in [6.45, 7) is 2.47. The first kappa shape index (κ1) is 15.1. The van der Waals surface area contributed by atoms with Gasteiger partial charge in [0.2, 0.25) is 0 Å². The summed E-state index contributed by atoms with van der Waals surface area (Å²) in [7, 11) is 0. The van der Waals surface area contributed by atoms with E-state index >= 15 is 0 Å². The summed E-state index contributed by atoms with van der Waals surface area (Å²) in [4.78, 5) is 5.71. The predicted molar refractivity (Wildman–Crippen MR) is 86.8 cm³/mol. The van der Waals surface area contributed by atoms with E-state index in [1.54, 1.807) is 17.2 Å². The molecule has 2 aromatic rings. The number of hydrogen-bond acceptors (Lipinski definition) is 2. The Labute approximate surface area is 129 Å². The van der Waals surface area contributed by atoms with Crippen LogP contribution >= 0.6 is 11.6 Å². The van der Waals surface area contributed by atoms with E-state index in [4.69, 9.17) is 22.7 Å². The van der Waals surface area contributed by atoms with Gasteiger partial charge in [-0.2, -0.15) is 0 Å². The van der Waals surface area contributed by atoms with E-state index < -0.39 is 0 Å². The minimum absolute atomic E-state index is 0.0137. The van der Waals surface area contributed by atoms with Crippen molar-refractivity contribution in [2.75, 3.05) is 0 Å². The summed E-state index contributed by atoms with van der Waals surface area (Å²) in [5.41, 5.74) is 8.73. The quantitative estimate of drug-likeness (QED) is 0.516. The summed E-state index contributed by atoms with van der Waals surface area (Å²) >= 11 is 5.77. The van der Waals surface area contributed by atoms with Crippen LogP contribution in [0, 0.1) is 5.41 Å². The smallest absolute Gasteiger partial charge is 0.192 e. The average Bonchev–Trinajstić information content (AvgIpc) is 2.49. The van der Waals surface area contributed by atoms with E-state index in [-0.39, 0.29) is 5.96 Å². The molecule has 1 heterocycles. The Bertz CT molecular complexity index is 635. The lowest BCUT2D eigenvalue weighted by Crippen LogP contribution is -2.31. The average molecular weight is 301 g/mol. The second-order valence-corrected chi connectivity index (χ2v) is 5.07. The van der Waals surface area contributed by atoms with E-state index in [1.165, 1.54) is 0 Å². The van der Waals surface area contributed by atoms with Crippen LogP contribution in [0.1, 0.15) is 18.1 Å². The van der Waals surface area contributed by atoms with Crippen LogP contribution in [-0.4, -0.2) is 15.8 Å². The van der Waals surface area contributed by atoms with Crippen LogP contribution in [0.4, 0.5) is 0 Å². The molecule has 0 aliphatic heterocycles. The number of aromatic nitrogens is 1. The number of guanidine groups is 1. The Kier molecular flexibility index (Phi) is 4.95. The number of pyridine rings is 1. The number of nitrogens with zero attached hydrogens (tertiary/aromatic N) is 2. The van der Waals surface area contributed by atoms with Gasteiger partial charge in [0.25, 0.3) is 0 Å². The Morgan fingerprint density at radius 2 is 2.00 bits per heavy atom. The van der Waals surface area contributed by atoms with Crippen LogP contribution < -0.4 is 5.73 Å². The fourth-order valence-corrected chi connectivity index (χ4v) is 2.02. The molecule has 108 valence electrons. The number of rotatable bonds is 4. The summed E-state index contributed by atoms with van der Waals surface area (Å²) in [5.74, 6) is -0.0137. The van der Waals surface area contributed by atoms with Gasteiger partial charge in [0.15, 0.2) is 5.96 Å². The van der Waals surface area contributed by atoms with Gasteiger partial charge in [-0.3, -0.25) is 5.41 Å². The maximum absolute atomic E-state index is 7.71. The van der Waals surface area contributed by atoms with Crippen molar-refractivity contribution in [3.05, 3.63) is 71.1 Å². The maximum atomic E-state index is 7.71. The van der Waals surface area contributed by atoms with Gasteiger partial charge < -0.3 is 10.6 Å². The molecule has 1 aromatic heterocycles. The van der Waals surface area contributed by atoms with Crippen LogP contribution in [0.15, 0.2) is 54.9 Å². The Morgan fingerprint density at radius 3 is 2.57 bits per heavy atom. The molecule has 3 N–H and O–H groups in total. The molecule has 4 nitrogen and oxygen atoms in total. The van der Waals surface area contributed by atoms with E-state index in [9.17, 15) is 0 Å². The molecule has 21 heavy (non-hydrogen) atoms. The molecular formula is C16H17ClN4. The first-order valence-electron chi connectivity index (χ1n) is 6.51. The van der Waals surface area contributed by atoms with Crippen LogP contribution in [0.5, 0.6) is 0 Å². The highest BCUT2D eigenvalue weighted by Gasteiger charge is 2.07. The van der Waals surface area contributed by atoms with Gasteiger partial charge in [-0.15, -0.1) is 0 Å². The summed E-state index contributed by atoms with van der Waals surface area (Å²) in [6.07, 6.45) is 3.55. The molecule has 0 bridgehead atoms. The molecule has 0 saturated heterocycles. The van der Waals surface area contributed by atoms with Crippen LogP contribution in [0.25, 0.3) is 5.57 Å². The van der Waals surface area contributed by atoms with Gasteiger partial charge in [-0.1, -0.05) is 48.0 Å². The molecule has 0 unspecified atom stereocenters. The number of allylic oxidation sites excluding steroid dienone is 1. The minimum Gasteiger partial charge on any atom is -0.370 e. The second kappa shape index (κ2) is 6.90. The van der Waals surface area contributed by atoms with Gasteiger partial charge in [0.1, 0.15) is 5.15 Å². The van der Waals surface area contributed by atoms with Crippen LogP contribution in [-0.2, 0) is 6.54 Å². The van der Waals surface area contributed by atoms with Gasteiger partial charge in [-0.05, 0) is 29.7 Å². The highest BCUT2D eigenvalue weighted by molar-refractivity contribution is 6.29. The molecule has 0 saturated carbocycles. The topological polar surface area (TPSA) is 66.0 Å². The zero-order valence-electron chi connectivity index (χ0n) is 11.8. The second-order valence-electron chi connectivity index (χ2n) is 4.68. The number of hydrogen-bond donors (Lipinski definition) is 2. The summed E-state index contributed by atoms with van der Waals surface area (Å²) < 4.78 is 0. The van der Waals surface area contributed by atoms with Crippen molar-refractivity contribution in [3.63, 3.8) is 0 Å². The van der Waals surface area contributed by atoms with Crippen molar-refractivity contribution in [1.82, 2.24) is 9.88 Å². The van der Waals surface area contributed by atoms with E-state index in [1.807, 2.05) is 49.5 Å². The van der Waals surface area contributed by atoms with Crippen LogP contribution in [0.3, 0.4) is 0 Å². The number of nitrogens with one attached hydrogen (secondary N) is 1. The number of nitrogens with two attached hydrogens (primary N) is 1. The maximum Gasteiger partial charge on any atom is 0.192 e. The van der Waals surface area contributed by atoms with Crippen molar-refractivity contribution < 1.29 is 0 Å². The minimum atomic E-state index is -0.0137. The van der Waals surface area contributed by atoms with E-state index in [2.05, 4.69) is 4.98 Å². The molecule has 5 heteroatoms. The third kappa shape index (κ3) is 4.33. The predicted octanol–water partition coefficient (Wildman–Crippen LogP) is 3.49. The van der Waals surface area contributed by atoms with Gasteiger partial charge in [0, 0.05) is 12.4 Å². The fraction of sp³-hybridized carbons (Fsp3) is 0.125. The van der Waals surface area contributed by atoms with Crippen molar-refractivity contribution in [1.29, 1.82) is 5.41 Å². The lowest BCUT2D eigenvalue weighted by atomic mass is 10.1. The lowest BCUT2D eigenvalue weighted by Gasteiger charge is -2.19. The highest BCUT2D eigenvalue weighted by Crippen LogP contribution is 2.15.